The van der Waals surface area contributed by atoms with Gasteiger partial charge in [0.15, 0.2) is 5.69 Å². The standard InChI is InChI=1S/C21H22N4O4/c1-21-8-3-9-25(21)20(28)14-10-13(29-2)6-7-15(14)24-11-22-16(17(21)24)19(27)23-18(26)12-4-5-12/h6-7,10-12H,3-5,8-9H2,1-2H3,(H,23,26,27)/t21-/m0/s1. The molecule has 1 aromatic carbocycles. The molecule has 8 nitrogen and oxygen atoms in total. The van der Waals surface area contributed by atoms with Crippen LogP contribution in [0.4, 0.5) is 0 Å². The maximum Gasteiger partial charge on any atom is 0.278 e. The smallest absolute Gasteiger partial charge is 0.278 e. The van der Waals surface area contributed by atoms with Crippen LogP contribution in [0.2, 0.25) is 0 Å². The van der Waals surface area contributed by atoms with E-state index in [9.17, 15) is 14.4 Å². The van der Waals surface area contributed by atoms with E-state index in [1.807, 2.05) is 16.4 Å². The van der Waals surface area contributed by atoms with Gasteiger partial charge in [0.05, 0.1) is 29.6 Å². The lowest BCUT2D eigenvalue weighted by atomic mass is 9.92. The van der Waals surface area contributed by atoms with Gasteiger partial charge in [-0.2, -0.15) is 0 Å². The molecule has 3 amide bonds. The molecule has 1 aliphatic carbocycles. The molecule has 1 aromatic heterocycles. The summed E-state index contributed by atoms with van der Waals surface area (Å²) >= 11 is 0. The zero-order valence-electron chi connectivity index (χ0n) is 16.4. The van der Waals surface area contributed by atoms with Crippen LogP contribution in [-0.2, 0) is 10.3 Å². The molecule has 8 heteroatoms. The Kier molecular flexibility index (Phi) is 3.81. The molecular weight excluding hydrogens is 372 g/mol. The highest BCUT2D eigenvalue weighted by Crippen LogP contribution is 2.45. The molecular formula is C21H22N4O4. The third kappa shape index (κ3) is 2.58. The number of ether oxygens (including phenoxy) is 1. The van der Waals surface area contributed by atoms with E-state index in [1.165, 1.54) is 0 Å². The second kappa shape index (κ2) is 6.17. The van der Waals surface area contributed by atoms with Crippen LogP contribution in [-0.4, -0.2) is 45.8 Å². The second-order valence-corrected chi connectivity index (χ2v) is 8.12. The summed E-state index contributed by atoms with van der Waals surface area (Å²) < 4.78 is 7.13. The van der Waals surface area contributed by atoms with Crippen molar-refractivity contribution in [2.75, 3.05) is 13.7 Å². The van der Waals surface area contributed by atoms with Crippen LogP contribution < -0.4 is 10.1 Å². The first-order chi connectivity index (χ1) is 13.9. The number of aromatic nitrogens is 2. The Morgan fingerprint density at radius 1 is 1.31 bits per heavy atom. The van der Waals surface area contributed by atoms with Crippen molar-refractivity contribution in [1.82, 2.24) is 19.8 Å². The normalized spacial score (nSPS) is 22.4. The maximum absolute atomic E-state index is 13.4. The van der Waals surface area contributed by atoms with E-state index in [4.69, 9.17) is 4.74 Å². The van der Waals surface area contributed by atoms with Gasteiger partial charge < -0.3 is 9.64 Å². The molecule has 1 saturated carbocycles. The third-order valence-electron chi connectivity index (χ3n) is 6.26. The highest BCUT2D eigenvalue weighted by atomic mass is 16.5. The van der Waals surface area contributed by atoms with Gasteiger partial charge >= 0.3 is 0 Å². The average molecular weight is 394 g/mol. The van der Waals surface area contributed by atoms with E-state index >= 15 is 0 Å². The van der Waals surface area contributed by atoms with Crippen molar-refractivity contribution < 1.29 is 19.1 Å². The van der Waals surface area contributed by atoms with Gasteiger partial charge in [0, 0.05) is 12.5 Å². The molecule has 2 aromatic rings. The molecule has 0 bridgehead atoms. The first-order valence-electron chi connectivity index (χ1n) is 9.87. The van der Waals surface area contributed by atoms with Crippen molar-refractivity contribution in [2.24, 2.45) is 5.92 Å². The monoisotopic (exact) mass is 394 g/mol. The Morgan fingerprint density at radius 3 is 2.83 bits per heavy atom. The van der Waals surface area contributed by atoms with Crippen LogP contribution in [0.25, 0.3) is 5.69 Å². The minimum Gasteiger partial charge on any atom is -0.497 e. The van der Waals surface area contributed by atoms with Crippen molar-refractivity contribution in [3.8, 4) is 11.4 Å². The molecule has 0 unspecified atom stereocenters. The molecule has 5 rings (SSSR count). The lowest BCUT2D eigenvalue weighted by Gasteiger charge is -2.34. The Hall–Kier alpha value is -3.16. The molecule has 1 N–H and O–H groups in total. The van der Waals surface area contributed by atoms with Gasteiger partial charge in [0.2, 0.25) is 5.91 Å². The summed E-state index contributed by atoms with van der Waals surface area (Å²) in [4.78, 5) is 44.6. The Balaban J connectivity index is 1.67. The summed E-state index contributed by atoms with van der Waals surface area (Å²) in [5.41, 5.74) is 1.32. The molecule has 2 fully saturated rings. The zero-order valence-corrected chi connectivity index (χ0v) is 16.4. The minimum atomic E-state index is -0.685. The van der Waals surface area contributed by atoms with Crippen LogP contribution in [0.3, 0.4) is 0 Å². The largest absolute Gasteiger partial charge is 0.497 e. The number of fused-ring (bicyclic) bond motifs is 5. The van der Waals surface area contributed by atoms with Crippen LogP contribution in [0.1, 0.15) is 59.1 Å². The summed E-state index contributed by atoms with van der Waals surface area (Å²) in [5, 5.41) is 2.49. The topological polar surface area (TPSA) is 93.5 Å². The fourth-order valence-corrected chi connectivity index (χ4v) is 4.53. The van der Waals surface area contributed by atoms with Gasteiger partial charge in [0.1, 0.15) is 12.1 Å². The number of nitrogens with one attached hydrogen (secondary N) is 1. The predicted octanol–water partition coefficient (Wildman–Crippen LogP) is 2.01. The number of rotatable bonds is 3. The van der Waals surface area contributed by atoms with E-state index in [2.05, 4.69) is 10.3 Å². The predicted molar refractivity (Wildman–Crippen MR) is 103 cm³/mol. The SMILES string of the molecule is COc1ccc2c(c1)C(=O)N1CCC[C@@]1(C)c1c(C(=O)NC(=O)C3CC3)ncn1-2. The Labute approximate surface area is 167 Å². The second-order valence-electron chi connectivity index (χ2n) is 8.12. The molecule has 1 saturated heterocycles. The van der Waals surface area contributed by atoms with Crippen LogP contribution in [0.5, 0.6) is 5.75 Å². The number of imide groups is 1. The number of imidazole rings is 1. The molecule has 0 radical (unpaired) electrons. The van der Waals surface area contributed by atoms with Gasteiger partial charge in [-0.15, -0.1) is 0 Å². The van der Waals surface area contributed by atoms with Crippen molar-refractivity contribution >= 4 is 17.7 Å². The fraction of sp³-hybridized carbons (Fsp3) is 0.429. The number of nitrogens with zero attached hydrogens (tertiary/aromatic N) is 3. The molecule has 29 heavy (non-hydrogen) atoms. The van der Waals surface area contributed by atoms with Crippen LogP contribution >= 0.6 is 0 Å². The van der Waals surface area contributed by atoms with E-state index in [-0.39, 0.29) is 23.4 Å². The highest BCUT2D eigenvalue weighted by molar-refractivity contribution is 6.06. The van der Waals surface area contributed by atoms with Crippen molar-refractivity contribution in [2.45, 2.75) is 38.1 Å². The molecule has 2 aliphatic heterocycles. The minimum absolute atomic E-state index is 0.0755. The lowest BCUT2D eigenvalue weighted by Crippen LogP contribution is -2.44. The first kappa shape index (κ1) is 17.9. The van der Waals surface area contributed by atoms with Crippen molar-refractivity contribution in [1.29, 1.82) is 0 Å². The molecule has 1 atom stereocenters. The highest BCUT2D eigenvalue weighted by Gasteiger charge is 2.49. The number of methoxy groups -OCH3 is 1. The molecule has 0 spiro atoms. The van der Waals surface area contributed by atoms with Crippen LogP contribution in [0, 0.1) is 5.92 Å². The molecule has 3 aliphatic rings. The first-order valence-corrected chi connectivity index (χ1v) is 9.87. The van der Waals surface area contributed by atoms with Crippen LogP contribution in [0.15, 0.2) is 24.5 Å². The number of hydrogen-bond donors (Lipinski definition) is 1. The average Bonchev–Trinajstić information content (AvgIpc) is 3.37. The fourth-order valence-electron chi connectivity index (χ4n) is 4.53. The number of carbonyl (C=O) groups is 3. The van der Waals surface area contributed by atoms with E-state index < -0.39 is 11.4 Å². The quantitative estimate of drug-likeness (QED) is 0.804. The Morgan fingerprint density at radius 2 is 2.10 bits per heavy atom. The van der Waals surface area contributed by atoms with E-state index in [0.29, 0.717) is 35.7 Å². The molecule has 150 valence electrons. The Bertz CT molecular complexity index is 1050. The van der Waals surface area contributed by atoms with Gasteiger partial charge in [-0.05, 0) is 50.8 Å². The summed E-state index contributed by atoms with van der Waals surface area (Å²) in [6, 6.07) is 5.31. The molecule has 3 heterocycles. The van der Waals surface area contributed by atoms with Gasteiger partial charge in [-0.1, -0.05) is 0 Å². The number of benzene rings is 1. The number of hydrogen-bond acceptors (Lipinski definition) is 5. The summed E-state index contributed by atoms with van der Waals surface area (Å²) in [5.74, 6) is -0.334. The lowest BCUT2D eigenvalue weighted by molar-refractivity contribution is -0.121. The summed E-state index contributed by atoms with van der Waals surface area (Å²) in [6.07, 6.45) is 4.74. The van der Waals surface area contributed by atoms with E-state index in [1.54, 1.807) is 31.6 Å². The zero-order chi connectivity index (χ0) is 20.3. The van der Waals surface area contributed by atoms with Gasteiger partial charge in [-0.25, -0.2) is 4.98 Å². The third-order valence-corrected chi connectivity index (χ3v) is 6.26. The number of amides is 3. The van der Waals surface area contributed by atoms with Crippen molar-refractivity contribution in [3.05, 3.63) is 41.5 Å². The van der Waals surface area contributed by atoms with Gasteiger partial charge in [-0.3, -0.25) is 24.3 Å². The number of carbonyl (C=O) groups excluding carboxylic acids is 3. The van der Waals surface area contributed by atoms with E-state index in [0.717, 1.165) is 19.3 Å². The van der Waals surface area contributed by atoms with Crippen molar-refractivity contribution in [3.63, 3.8) is 0 Å². The summed E-state index contributed by atoms with van der Waals surface area (Å²) in [7, 11) is 1.56. The maximum atomic E-state index is 13.4. The van der Waals surface area contributed by atoms with Gasteiger partial charge in [0.25, 0.3) is 11.8 Å². The summed E-state index contributed by atoms with van der Waals surface area (Å²) in [6.45, 7) is 2.56.